The van der Waals surface area contributed by atoms with Crippen molar-refractivity contribution >= 4 is 15.9 Å². The summed E-state index contributed by atoms with van der Waals surface area (Å²) in [5.74, 6) is -0.265. The summed E-state index contributed by atoms with van der Waals surface area (Å²) < 4.78 is 25.9. The molecule has 6 nitrogen and oxygen atoms in total. The minimum Gasteiger partial charge on any atom is -0.352 e. The molecule has 1 fully saturated rings. The molecule has 1 aromatic carbocycles. The zero-order valence-corrected chi connectivity index (χ0v) is 13.1. The summed E-state index contributed by atoms with van der Waals surface area (Å²) >= 11 is 0. The lowest BCUT2D eigenvalue weighted by atomic mass is 10.1. The third-order valence-electron chi connectivity index (χ3n) is 3.55. The van der Waals surface area contributed by atoms with Crippen LogP contribution in [0.2, 0.25) is 0 Å². The van der Waals surface area contributed by atoms with Crippen molar-refractivity contribution in [2.75, 3.05) is 13.6 Å². The van der Waals surface area contributed by atoms with Crippen molar-refractivity contribution in [2.24, 2.45) is 5.73 Å². The number of benzene rings is 1. The van der Waals surface area contributed by atoms with Crippen molar-refractivity contribution in [3.05, 3.63) is 29.3 Å². The maximum absolute atomic E-state index is 12.4. The second kappa shape index (κ2) is 6.13. The van der Waals surface area contributed by atoms with Gasteiger partial charge >= 0.3 is 0 Å². The van der Waals surface area contributed by atoms with Gasteiger partial charge in [-0.15, -0.1) is 0 Å². The number of aryl methyl sites for hydroxylation is 1. The highest BCUT2D eigenvalue weighted by atomic mass is 32.2. The number of hydrogen-bond acceptors (Lipinski definition) is 4. The van der Waals surface area contributed by atoms with Gasteiger partial charge in [-0.2, -0.15) is 4.31 Å². The Bertz CT molecular complexity index is 639. The molecule has 3 N–H and O–H groups in total. The number of hydrogen-bond donors (Lipinski definition) is 2. The van der Waals surface area contributed by atoms with E-state index in [0.29, 0.717) is 6.54 Å². The summed E-state index contributed by atoms with van der Waals surface area (Å²) in [6.07, 6.45) is 1.95. The largest absolute Gasteiger partial charge is 0.352 e. The van der Waals surface area contributed by atoms with Crippen LogP contribution in [-0.2, 0) is 21.4 Å². The lowest BCUT2D eigenvalue weighted by Crippen LogP contribution is -2.39. The summed E-state index contributed by atoms with van der Waals surface area (Å²) in [4.78, 5) is 11.9. The minimum absolute atomic E-state index is 0.170. The molecule has 21 heavy (non-hydrogen) atoms. The predicted octanol–water partition coefficient (Wildman–Crippen LogP) is 0.353. The fourth-order valence-electron chi connectivity index (χ4n) is 2.03. The average molecular weight is 311 g/mol. The van der Waals surface area contributed by atoms with Crippen molar-refractivity contribution in [1.82, 2.24) is 9.62 Å². The standard InChI is InChI=1S/C14H21N3O3S/c1-10-7-13(6-3-11(10)8-15)21(19,20)17(2)9-14(18)16-12-4-5-12/h3,6-7,12H,4-5,8-9,15H2,1-2H3,(H,16,18). The first kappa shape index (κ1) is 15.9. The summed E-state index contributed by atoms with van der Waals surface area (Å²) in [7, 11) is -2.25. The average Bonchev–Trinajstić information content (AvgIpc) is 3.22. The molecule has 0 radical (unpaired) electrons. The molecule has 0 atom stereocenters. The Morgan fingerprint density at radius 1 is 1.43 bits per heavy atom. The molecular formula is C14H21N3O3S. The first-order valence-corrected chi connectivity index (χ1v) is 8.34. The quantitative estimate of drug-likeness (QED) is 0.793. The maximum Gasteiger partial charge on any atom is 0.243 e. The second-order valence-electron chi connectivity index (χ2n) is 5.40. The highest BCUT2D eigenvalue weighted by Crippen LogP contribution is 2.20. The van der Waals surface area contributed by atoms with E-state index < -0.39 is 10.0 Å². The van der Waals surface area contributed by atoms with Crippen LogP contribution < -0.4 is 11.1 Å². The number of nitrogens with one attached hydrogen (secondary N) is 1. The van der Waals surface area contributed by atoms with E-state index >= 15 is 0 Å². The van der Waals surface area contributed by atoms with E-state index in [9.17, 15) is 13.2 Å². The zero-order valence-electron chi connectivity index (χ0n) is 12.3. The third-order valence-corrected chi connectivity index (χ3v) is 5.35. The van der Waals surface area contributed by atoms with Crippen LogP contribution in [0.15, 0.2) is 23.1 Å². The molecule has 0 heterocycles. The molecule has 1 aromatic rings. The number of carbonyl (C=O) groups is 1. The molecule has 1 aliphatic rings. The molecule has 0 saturated heterocycles. The van der Waals surface area contributed by atoms with E-state index in [1.165, 1.54) is 13.1 Å². The molecule has 0 spiro atoms. The van der Waals surface area contributed by atoms with Crippen LogP contribution in [-0.4, -0.2) is 38.3 Å². The SMILES string of the molecule is Cc1cc(S(=O)(=O)N(C)CC(=O)NC2CC2)ccc1CN. The number of nitrogens with zero attached hydrogens (tertiary/aromatic N) is 1. The van der Waals surface area contributed by atoms with Crippen LogP contribution in [0.4, 0.5) is 0 Å². The Morgan fingerprint density at radius 3 is 2.62 bits per heavy atom. The van der Waals surface area contributed by atoms with Crippen LogP contribution in [0, 0.1) is 6.92 Å². The Labute approximate surface area is 125 Å². The fraction of sp³-hybridized carbons (Fsp3) is 0.500. The molecule has 0 bridgehead atoms. The molecule has 116 valence electrons. The van der Waals surface area contributed by atoms with E-state index in [1.807, 2.05) is 6.92 Å². The van der Waals surface area contributed by atoms with Crippen LogP contribution in [0.3, 0.4) is 0 Å². The van der Waals surface area contributed by atoms with Crippen molar-refractivity contribution < 1.29 is 13.2 Å². The molecule has 1 aliphatic carbocycles. The van der Waals surface area contributed by atoms with Crippen LogP contribution in [0.5, 0.6) is 0 Å². The number of amides is 1. The van der Waals surface area contributed by atoms with Gasteiger partial charge in [-0.05, 0) is 43.0 Å². The minimum atomic E-state index is -3.67. The fourth-order valence-corrected chi connectivity index (χ4v) is 3.24. The molecule has 1 saturated carbocycles. The van der Waals surface area contributed by atoms with Gasteiger partial charge < -0.3 is 11.1 Å². The molecule has 1 amide bonds. The monoisotopic (exact) mass is 311 g/mol. The van der Waals surface area contributed by atoms with E-state index in [-0.39, 0.29) is 23.4 Å². The van der Waals surface area contributed by atoms with E-state index in [4.69, 9.17) is 5.73 Å². The molecule has 2 rings (SSSR count). The molecule has 0 unspecified atom stereocenters. The third kappa shape index (κ3) is 3.81. The van der Waals surface area contributed by atoms with Crippen molar-refractivity contribution in [2.45, 2.75) is 37.2 Å². The van der Waals surface area contributed by atoms with Crippen molar-refractivity contribution in [3.63, 3.8) is 0 Å². The maximum atomic E-state index is 12.4. The topological polar surface area (TPSA) is 92.5 Å². The van der Waals surface area contributed by atoms with Gasteiger partial charge in [0.25, 0.3) is 0 Å². The Balaban J connectivity index is 2.12. The summed E-state index contributed by atoms with van der Waals surface area (Å²) in [5.41, 5.74) is 7.31. The lowest BCUT2D eigenvalue weighted by Gasteiger charge is -2.17. The van der Waals surface area contributed by atoms with Crippen LogP contribution in [0.25, 0.3) is 0 Å². The number of sulfonamides is 1. The van der Waals surface area contributed by atoms with E-state index in [2.05, 4.69) is 5.32 Å². The second-order valence-corrected chi connectivity index (χ2v) is 7.44. The predicted molar refractivity (Wildman–Crippen MR) is 80.1 cm³/mol. The van der Waals surface area contributed by atoms with Gasteiger partial charge in [-0.3, -0.25) is 4.79 Å². The smallest absolute Gasteiger partial charge is 0.243 e. The summed E-state index contributed by atoms with van der Waals surface area (Å²) in [5, 5.41) is 2.78. The van der Waals surface area contributed by atoms with Gasteiger partial charge in [0, 0.05) is 19.6 Å². The van der Waals surface area contributed by atoms with Crippen molar-refractivity contribution in [1.29, 1.82) is 0 Å². The Kier molecular flexibility index (Phi) is 4.65. The molecule has 0 aliphatic heterocycles. The molecule has 0 aromatic heterocycles. The van der Waals surface area contributed by atoms with E-state index in [0.717, 1.165) is 28.3 Å². The Hall–Kier alpha value is -1.44. The van der Waals surface area contributed by atoms with Crippen LogP contribution >= 0.6 is 0 Å². The first-order valence-electron chi connectivity index (χ1n) is 6.90. The Morgan fingerprint density at radius 2 is 2.10 bits per heavy atom. The summed E-state index contributed by atoms with van der Waals surface area (Å²) in [6, 6.07) is 5.05. The van der Waals surface area contributed by atoms with Gasteiger partial charge in [-0.25, -0.2) is 8.42 Å². The van der Waals surface area contributed by atoms with Gasteiger partial charge in [0.1, 0.15) is 0 Å². The molecule has 7 heteroatoms. The van der Waals surface area contributed by atoms with Gasteiger partial charge in [-0.1, -0.05) is 6.07 Å². The molecular weight excluding hydrogens is 290 g/mol. The van der Waals surface area contributed by atoms with Gasteiger partial charge in [0.15, 0.2) is 0 Å². The zero-order chi connectivity index (χ0) is 15.6. The normalized spacial score (nSPS) is 15.2. The van der Waals surface area contributed by atoms with Crippen LogP contribution in [0.1, 0.15) is 24.0 Å². The number of carbonyl (C=O) groups excluding carboxylic acids is 1. The van der Waals surface area contributed by atoms with E-state index in [1.54, 1.807) is 12.1 Å². The number of rotatable bonds is 6. The highest BCUT2D eigenvalue weighted by Gasteiger charge is 2.27. The lowest BCUT2D eigenvalue weighted by molar-refractivity contribution is -0.121. The summed E-state index contributed by atoms with van der Waals surface area (Å²) in [6.45, 7) is 2.02. The van der Waals surface area contributed by atoms with Gasteiger partial charge in [0.2, 0.25) is 15.9 Å². The highest BCUT2D eigenvalue weighted by molar-refractivity contribution is 7.89. The van der Waals surface area contributed by atoms with Gasteiger partial charge in [0.05, 0.1) is 11.4 Å². The van der Waals surface area contributed by atoms with Crippen molar-refractivity contribution in [3.8, 4) is 0 Å². The number of likely N-dealkylation sites (N-methyl/N-ethyl adjacent to an activating group) is 1. The first-order chi connectivity index (χ1) is 9.84. The number of nitrogens with two attached hydrogens (primary N) is 1.